The van der Waals surface area contributed by atoms with E-state index < -0.39 is 11.5 Å². The summed E-state index contributed by atoms with van der Waals surface area (Å²) in [7, 11) is 0. The van der Waals surface area contributed by atoms with Gasteiger partial charge in [0.05, 0.1) is 17.5 Å². The normalized spacial score (nSPS) is 16.9. The van der Waals surface area contributed by atoms with Crippen LogP contribution in [0.25, 0.3) is 0 Å². The van der Waals surface area contributed by atoms with Gasteiger partial charge in [0.2, 0.25) is 0 Å². The number of nitrogens with one attached hydrogen (secondary N) is 1. The van der Waals surface area contributed by atoms with Gasteiger partial charge in [-0.1, -0.05) is 28.8 Å². The Balaban J connectivity index is 2.20. The highest BCUT2D eigenvalue weighted by Crippen LogP contribution is 2.33. The van der Waals surface area contributed by atoms with Gasteiger partial charge < -0.3 is 10.4 Å². The Morgan fingerprint density at radius 2 is 1.90 bits per heavy atom. The minimum Gasteiger partial charge on any atom is -0.481 e. The molecule has 0 atom stereocenters. The number of carboxylic acid groups (broad SMARTS) is 1. The zero-order valence-corrected chi connectivity index (χ0v) is 14.0. The zero-order chi connectivity index (χ0) is 14.8. The van der Waals surface area contributed by atoms with Gasteiger partial charge in [-0.15, -0.1) is 0 Å². The predicted molar refractivity (Wildman–Crippen MR) is 82.8 cm³/mol. The quantitative estimate of drug-likeness (QED) is 0.803. The van der Waals surface area contributed by atoms with E-state index in [2.05, 4.69) is 37.2 Å². The Morgan fingerprint density at radius 1 is 1.25 bits per heavy atom. The van der Waals surface area contributed by atoms with Crippen LogP contribution in [-0.4, -0.2) is 22.5 Å². The summed E-state index contributed by atoms with van der Waals surface area (Å²) in [6.45, 7) is 0. The molecule has 108 valence electrons. The molecule has 4 nitrogen and oxygen atoms in total. The Labute approximate surface area is 134 Å². The molecule has 2 N–H and O–H groups in total. The van der Waals surface area contributed by atoms with Crippen molar-refractivity contribution < 1.29 is 14.7 Å². The molecule has 20 heavy (non-hydrogen) atoms. The van der Waals surface area contributed by atoms with E-state index in [0.29, 0.717) is 10.0 Å². The lowest BCUT2D eigenvalue weighted by molar-refractivity contribution is -0.138. The number of carboxylic acids is 1. The lowest BCUT2D eigenvalue weighted by atomic mass is 9.92. The molecule has 1 fully saturated rings. The third-order valence-corrected chi connectivity index (χ3v) is 4.79. The first kappa shape index (κ1) is 15.5. The van der Waals surface area contributed by atoms with E-state index >= 15 is 0 Å². The number of hydrogen-bond donors (Lipinski definition) is 2. The fraction of sp³-hybridized carbons (Fsp3) is 0.429. The van der Waals surface area contributed by atoms with Gasteiger partial charge in [-0.2, -0.15) is 0 Å². The fourth-order valence-electron chi connectivity index (χ4n) is 2.67. The summed E-state index contributed by atoms with van der Waals surface area (Å²) in [6, 6.07) is 5.35. The Morgan fingerprint density at radius 3 is 2.50 bits per heavy atom. The van der Waals surface area contributed by atoms with Crippen LogP contribution in [0.5, 0.6) is 0 Å². The second-order valence-corrected chi connectivity index (χ2v) is 6.91. The fourth-order valence-corrected chi connectivity index (χ4v) is 3.45. The van der Waals surface area contributed by atoms with Gasteiger partial charge in [0.25, 0.3) is 5.91 Å². The third kappa shape index (κ3) is 3.61. The molecule has 1 amide bonds. The molecular weight excluding hydrogens is 390 g/mol. The lowest BCUT2D eigenvalue weighted by Crippen LogP contribution is -2.47. The summed E-state index contributed by atoms with van der Waals surface area (Å²) in [5.41, 5.74) is -0.0963. The highest BCUT2D eigenvalue weighted by Gasteiger charge is 2.37. The lowest BCUT2D eigenvalue weighted by Gasteiger charge is -2.29. The maximum atomic E-state index is 12.4. The predicted octanol–water partition coefficient (Wildman–Crippen LogP) is 3.73. The van der Waals surface area contributed by atoms with E-state index in [9.17, 15) is 9.59 Å². The third-order valence-electron chi connectivity index (χ3n) is 3.60. The maximum Gasteiger partial charge on any atom is 0.305 e. The first-order valence-electron chi connectivity index (χ1n) is 6.41. The number of amides is 1. The number of benzene rings is 1. The first-order valence-corrected chi connectivity index (χ1v) is 8.00. The largest absolute Gasteiger partial charge is 0.481 e. The Bertz CT molecular complexity index is 539. The molecular formula is C14H15Br2NO3. The Hall–Kier alpha value is -0.880. The van der Waals surface area contributed by atoms with Crippen LogP contribution < -0.4 is 5.32 Å². The Kier molecular flexibility index (Phi) is 4.86. The SMILES string of the molecule is O=C(O)CC1(NC(=O)c2cc(Br)ccc2Br)CCCC1. The van der Waals surface area contributed by atoms with Crippen LogP contribution in [-0.2, 0) is 4.79 Å². The molecule has 0 heterocycles. The van der Waals surface area contributed by atoms with Gasteiger partial charge in [-0.3, -0.25) is 9.59 Å². The minimum absolute atomic E-state index is 0.0235. The van der Waals surface area contributed by atoms with Crippen molar-refractivity contribution in [1.29, 1.82) is 0 Å². The molecule has 1 aliphatic carbocycles. The van der Waals surface area contributed by atoms with Crippen LogP contribution in [0.4, 0.5) is 0 Å². The van der Waals surface area contributed by atoms with Crippen molar-refractivity contribution in [3.05, 3.63) is 32.7 Å². The molecule has 0 radical (unpaired) electrons. The standard InChI is InChI=1S/C14H15Br2NO3/c15-9-3-4-11(16)10(7-9)13(20)17-14(8-12(18)19)5-1-2-6-14/h3-4,7H,1-2,5-6,8H2,(H,17,20)(H,18,19). The number of halogens is 2. The first-order chi connectivity index (χ1) is 9.42. The van der Waals surface area contributed by atoms with Gasteiger partial charge in [0.15, 0.2) is 0 Å². The van der Waals surface area contributed by atoms with E-state index in [-0.39, 0.29) is 12.3 Å². The summed E-state index contributed by atoms with van der Waals surface area (Å²) in [6.07, 6.45) is 3.32. The minimum atomic E-state index is -0.875. The zero-order valence-electron chi connectivity index (χ0n) is 10.8. The molecule has 1 aromatic rings. The average molecular weight is 405 g/mol. The molecule has 1 aliphatic rings. The van der Waals surface area contributed by atoms with Crippen molar-refractivity contribution >= 4 is 43.7 Å². The summed E-state index contributed by atoms with van der Waals surface area (Å²) in [5.74, 6) is -1.11. The molecule has 6 heteroatoms. The molecule has 1 aromatic carbocycles. The van der Waals surface area contributed by atoms with Gasteiger partial charge in [0.1, 0.15) is 0 Å². The van der Waals surface area contributed by atoms with Crippen molar-refractivity contribution in [3.8, 4) is 0 Å². The van der Waals surface area contributed by atoms with Crippen molar-refractivity contribution in [2.45, 2.75) is 37.6 Å². The number of carbonyl (C=O) groups excluding carboxylic acids is 1. The topological polar surface area (TPSA) is 66.4 Å². The summed E-state index contributed by atoms with van der Waals surface area (Å²) >= 11 is 6.69. The van der Waals surface area contributed by atoms with E-state index in [4.69, 9.17) is 5.11 Å². The molecule has 0 bridgehead atoms. The van der Waals surface area contributed by atoms with Crippen molar-refractivity contribution in [2.75, 3.05) is 0 Å². The van der Waals surface area contributed by atoms with Gasteiger partial charge in [0, 0.05) is 8.95 Å². The molecule has 0 aliphatic heterocycles. The molecule has 1 saturated carbocycles. The van der Waals surface area contributed by atoms with Crippen LogP contribution in [0.3, 0.4) is 0 Å². The van der Waals surface area contributed by atoms with E-state index in [1.807, 2.05) is 6.07 Å². The van der Waals surface area contributed by atoms with Crippen molar-refractivity contribution in [2.24, 2.45) is 0 Å². The second-order valence-electron chi connectivity index (χ2n) is 5.14. The van der Waals surface area contributed by atoms with Gasteiger partial charge in [-0.25, -0.2) is 0 Å². The number of aliphatic carboxylic acids is 1. The van der Waals surface area contributed by atoms with Crippen molar-refractivity contribution in [1.82, 2.24) is 5.32 Å². The number of hydrogen-bond acceptors (Lipinski definition) is 2. The molecule has 0 unspecified atom stereocenters. The molecule has 0 aromatic heterocycles. The van der Waals surface area contributed by atoms with E-state index in [1.165, 1.54) is 0 Å². The highest BCUT2D eigenvalue weighted by atomic mass is 79.9. The van der Waals surface area contributed by atoms with Crippen LogP contribution >= 0.6 is 31.9 Å². The van der Waals surface area contributed by atoms with E-state index in [0.717, 1.165) is 30.2 Å². The molecule has 0 spiro atoms. The smallest absolute Gasteiger partial charge is 0.305 e. The van der Waals surface area contributed by atoms with Crippen molar-refractivity contribution in [3.63, 3.8) is 0 Å². The number of carbonyl (C=O) groups is 2. The van der Waals surface area contributed by atoms with Crippen LogP contribution in [0, 0.1) is 0 Å². The van der Waals surface area contributed by atoms with Crippen LogP contribution in [0.1, 0.15) is 42.5 Å². The molecule has 2 rings (SSSR count). The molecule has 0 saturated heterocycles. The monoisotopic (exact) mass is 403 g/mol. The van der Waals surface area contributed by atoms with Gasteiger partial charge in [-0.05, 0) is 47.0 Å². The number of rotatable bonds is 4. The summed E-state index contributed by atoms with van der Waals surface area (Å²) < 4.78 is 1.51. The van der Waals surface area contributed by atoms with E-state index in [1.54, 1.807) is 12.1 Å². The summed E-state index contributed by atoms with van der Waals surface area (Å²) in [4.78, 5) is 23.4. The summed E-state index contributed by atoms with van der Waals surface area (Å²) in [5, 5.41) is 12.0. The highest BCUT2D eigenvalue weighted by molar-refractivity contribution is 9.11. The van der Waals surface area contributed by atoms with Gasteiger partial charge >= 0.3 is 5.97 Å². The maximum absolute atomic E-state index is 12.4. The van der Waals surface area contributed by atoms with Crippen LogP contribution in [0.15, 0.2) is 27.1 Å². The second kappa shape index (κ2) is 6.26. The average Bonchev–Trinajstić information content (AvgIpc) is 2.79. The van der Waals surface area contributed by atoms with Crippen LogP contribution in [0.2, 0.25) is 0 Å².